The van der Waals surface area contributed by atoms with Crippen LogP contribution >= 0.6 is 104 Å². The Labute approximate surface area is 272 Å². The Bertz CT molecular complexity index is 1500. The van der Waals surface area contributed by atoms with Gasteiger partial charge < -0.3 is 0 Å². The second-order valence-electron chi connectivity index (χ2n) is 9.39. The zero-order valence-electron chi connectivity index (χ0n) is 19.7. The minimum Gasteiger partial charge on any atom is -0.292 e. The molecule has 2 aromatic carbocycles. The van der Waals surface area contributed by atoms with Gasteiger partial charge in [-0.15, -0.1) is 23.2 Å². The monoisotopic (exact) mass is 720 g/mol. The van der Waals surface area contributed by atoms with E-state index in [0.717, 1.165) is 0 Å². The first-order valence-electron chi connectivity index (χ1n) is 11.3. The van der Waals surface area contributed by atoms with Crippen LogP contribution in [0, 0.1) is 11.8 Å². The molecule has 0 radical (unpaired) electrons. The molecule has 3 aliphatic rings. The third kappa shape index (κ3) is 3.84. The number of benzene rings is 2. The number of alkyl halides is 4. The first kappa shape index (κ1) is 30.5. The summed E-state index contributed by atoms with van der Waals surface area (Å²) in [6.45, 7) is 1.33. The highest BCUT2D eigenvalue weighted by Crippen LogP contribution is 2.77. The lowest BCUT2D eigenvalue weighted by molar-refractivity contribution is -0.157. The maximum atomic E-state index is 14.0. The van der Waals surface area contributed by atoms with Gasteiger partial charge in [0.05, 0.1) is 32.5 Å². The van der Waals surface area contributed by atoms with E-state index in [4.69, 9.17) is 104 Å². The van der Waals surface area contributed by atoms with E-state index in [2.05, 4.69) is 0 Å². The van der Waals surface area contributed by atoms with Crippen LogP contribution < -0.4 is 0 Å². The third-order valence-electron chi connectivity index (χ3n) is 7.35. The number of Topliss-reactive ketones (excluding diaryl/α,β-unsaturated/α-hetero) is 1. The predicted molar refractivity (Wildman–Crippen MR) is 157 cm³/mol. The number of imide groups is 1. The SMILES string of the molecule is C[C@@H](C(=O)c1ccc(Cl)cc1)N(C(=O)c1ccc(Cl)cc1Cl)N1C(=O)[C@@H]2[C@H](C1=O)[C@@]1(Cl)C(Cl)=C(Cl)[C@@]2(Cl)C1(Cl)Cl. The van der Waals surface area contributed by atoms with Gasteiger partial charge in [0.15, 0.2) is 10.1 Å². The van der Waals surface area contributed by atoms with Crippen molar-refractivity contribution in [2.24, 2.45) is 11.8 Å². The number of ketones is 1. The van der Waals surface area contributed by atoms with E-state index in [1.54, 1.807) is 0 Å². The zero-order chi connectivity index (χ0) is 29.7. The number of hydrogen-bond donors (Lipinski definition) is 0. The highest BCUT2D eigenvalue weighted by Gasteiger charge is 2.88. The lowest BCUT2D eigenvalue weighted by Gasteiger charge is -2.38. The molecule has 1 aliphatic heterocycles. The van der Waals surface area contributed by atoms with Gasteiger partial charge in [0, 0.05) is 15.6 Å². The number of halogens is 9. The molecule has 0 aromatic heterocycles. The number of amides is 3. The fourth-order valence-electron chi connectivity index (χ4n) is 5.39. The number of carbonyl (C=O) groups excluding carboxylic acids is 4. The summed E-state index contributed by atoms with van der Waals surface area (Å²) in [4.78, 5) is 51.4. The van der Waals surface area contributed by atoms with Crippen LogP contribution in [0.1, 0.15) is 27.6 Å². The quantitative estimate of drug-likeness (QED) is 0.180. The lowest BCUT2D eigenvalue weighted by atomic mass is 9.84. The summed E-state index contributed by atoms with van der Waals surface area (Å²) < 4.78 is -2.18. The largest absolute Gasteiger partial charge is 0.292 e. The summed E-state index contributed by atoms with van der Waals surface area (Å²) in [5.41, 5.74) is -0.00553. The van der Waals surface area contributed by atoms with Crippen molar-refractivity contribution >= 4 is 128 Å². The zero-order valence-corrected chi connectivity index (χ0v) is 26.5. The van der Waals surface area contributed by atoms with Crippen LogP contribution in [0.2, 0.25) is 15.1 Å². The molecule has 210 valence electrons. The molecule has 3 amide bonds. The van der Waals surface area contributed by atoms with Crippen LogP contribution in [0.5, 0.6) is 0 Å². The molecular formula is C25H13Cl9N2O4. The molecule has 1 saturated carbocycles. The Morgan fingerprint density at radius 2 is 1.27 bits per heavy atom. The number of hydrogen-bond acceptors (Lipinski definition) is 4. The average Bonchev–Trinajstić information content (AvgIpc) is 3.27. The summed E-state index contributed by atoms with van der Waals surface area (Å²) in [5, 5.41) is 1.10. The van der Waals surface area contributed by atoms with Gasteiger partial charge in [-0.25, -0.2) is 5.01 Å². The molecule has 1 saturated heterocycles. The first-order chi connectivity index (χ1) is 18.5. The summed E-state index contributed by atoms with van der Waals surface area (Å²) in [6, 6.07) is 8.35. The van der Waals surface area contributed by atoms with Crippen molar-refractivity contribution in [2.75, 3.05) is 0 Å². The molecule has 5 atom stereocenters. The van der Waals surface area contributed by atoms with Gasteiger partial charge >= 0.3 is 0 Å². The standard InChI is InChI=1S/C25H13Cl9N2O4/c1-9(17(37)10-2-4-11(26)5-3-10)35(20(38)13-7-6-12(27)8-14(13)28)36-21(39)15-16(22(36)40)24(32)19(30)18(29)23(15,31)25(24,33)34/h2-9,15-16H,1H3/t9-,15-,16+,23+,24+/m0/s1. The molecule has 15 heteroatoms. The first-order valence-corrected chi connectivity index (χ1v) is 14.7. The van der Waals surface area contributed by atoms with E-state index in [0.29, 0.717) is 15.0 Å². The Morgan fingerprint density at radius 3 is 1.75 bits per heavy atom. The molecule has 2 aromatic rings. The van der Waals surface area contributed by atoms with Crippen LogP contribution in [0.25, 0.3) is 0 Å². The van der Waals surface area contributed by atoms with Crippen molar-refractivity contribution in [2.45, 2.75) is 27.0 Å². The minimum absolute atomic E-state index is 0.0936. The molecule has 1 heterocycles. The van der Waals surface area contributed by atoms with Gasteiger partial charge in [0.1, 0.15) is 15.8 Å². The van der Waals surface area contributed by atoms with Gasteiger partial charge in [-0.3, -0.25) is 19.2 Å². The van der Waals surface area contributed by atoms with E-state index in [9.17, 15) is 19.2 Å². The van der Waals surface area contributed by atoms with Crippen LogP contribution in [-0.4, -0.2) is 53.6 Å². The van der Waals surface area contributed by atoms with Gasteiger partial charge in [0.25, 0.3) is 17.7 Å². The Hall–Kier alpha value is -0.930. The van der Waals surface area contributed by atoms with Crippen molar-refractivity contribution in [3.63, 3.8) is 0 Å². The van der Waals surface area contributed by atoms with Crippen LogP contribution in [0.4, 0.5) is 0 Å². The van der Waals surface area contributed by atoms with E-state index in [1.165, 1.54) is 49.4 Å². The van der Waals surface area contributed by atoms with Crippen LogP contribution in [-0.2, 0) is 9.59 Å². The number of allylic oxidation sites excluding steroid dienone is 2. The van der Waals surface area contributed by atoms with Crippen molar-refractivity contribution in [1.29, 1.82) is 0 Å². The topological polar surface area (TPSA) is 74.8 Å². The molecular weight excluding hydrogens is 711 g/mol. The highest BCUT2D eigenvalue weighted by atomic mass is 35.5. The Balaban J connectivity index is 1.65. The smallest absolute Gasteiger partial charge is 0.275 e. The van der Waals surface area contributed by atoms with Gasteiger partial charge in [-0.1, -0.05) is 81.2 Å². The number of fused-ring (bicyclic) bond motifs is 5. The summed E-state index contributed by atoms with van der Waals surface area (Å²) in [5.74, 6) is -6.69. The van der Waals surface area contributed by atoms with E-state index >= 15 is 0 Å². The number of carbonyl (C=O) groups is 4. The van der Waals surface area contributed by atoms with Crippen molar-refractivity contribution in [3.05, 3.63) is 78.7 Å². The van der Waals surface area contributed by atoms with E-state index in [-0.39, 0.29) is 31.2 Å². The maximum Gasteiger partial charge on any atom is 0.275 e. The molecule has 0 unspecified atom stereocenters. The number of nitrogens with zero attached hydrogens (tertiary/aromatic N) is 2. The molecule has 0 N–H and O–H groups in total. The predicted octanol–water partition coefficient (Wildman–Crippen LogP) is 7.72. The molecule has 6 nitrogen and oxygen atoms in total. The van der Waals surface area contributed by atoms with Crippen molar-refractivity contribution in [3.8, 4) is 0 Å². The second kappa shape index (κ2) is 10.1. The van der Waals surface area contributed by atoms with Crippen LogP contribution in [0.15, 0.2) is 52.5 Å². The molecule has 2 bridgehead atoms. The average molecular weight is 724 g/mol. The maximum absolute atomic E-state index is 14.0. The molecule has 0 spiro atoms. The van der Waals surface area contributed by atoms with E-state index < -0.39 is 55.5 Å². The Kier molecular flexibility index (Phi) is 7.69. The highest BCUT2D eigenvalue weighted by molar-refractivity contribution is 6.67. The molecule has 2 aliphatic carbocycles. The normalized spacial score (nSPS) is 29.2. The summed E-state index contributed by atoms with van der Waals surface area (Å²) in [7, 11) is 0. The van der Waals surface area contributed by atoms with Gasteiger partial charge in [-0.05, 0) is 49.4 Å². The van der Waals surface area contributed by atoms with Crippen molar-refractivity contribution < 1.29 is 19.2 Å². The van der Waals surface area contributed by atoms with E-state index in [1.807, 2.05) is 0 Å². The minimum atomic E-state index is -2.18. The lowest BCUT2D eigenvalue weighted by Crippen LogP contribution is -2.59. The fraction of sp³-hybridized carbons (Fsp3) is 0.280. The van der Waals surface area contributed by atoms with Crippen LogP contribution in [0.3, 0.4) is 0 Å². The third-order valence-corrected chi connectivity index (χ3v) is 12.4. The summed E-state index contributed by atoms with van der Waals surface area (Å²) >= 11 is 57.7. The fourth-order valence-corrected chi connectivity index (χ4v) is 8.93. The van der Waals surface area contributed by atoms with Gasteiger partial charge in [-0.2, -0.15) is 5.01 Å². The van der Waals surface area contributed by atoms with Gasteiger partial charge in [0.2, 0.25) is 0 Å². The Morgan fingerprint density at radius 1 is 0.800 bits per heavy atom. The summed E-state index contributed by atoms with van der Waals surface area (Å²) in [6.07, 6.45) is 0. The molecule has 2 fully saturated rings. The molecule has 5 rings (SSSR count). The second-order valence-corrected chi connectivity index (χ2v) is 13.9. The van der Waals surface area contributed by atoms with Crippen molar-refractivity contribution in [1.82, 2.24) is 10.0 Å². The molecule has 40 heavy (non-hydrogen) atoms. The number of rotatable bonds is 5. The number of hydrazine groups is 1.